The molecule has 5 heteroatoms. The van der Waals surface area contributed by atoms with Crippen molar-refractivity contribution >= 4 is 16.9 Å². The largest absolute Gasteiger partial charge is 0.357 e. The maximum absolute atomic E-state index is 5.80. The lowest BCUT2D eigenvalue weighted by molar-refractivity contribution is 0.0787. The molecular formula is C14H23ClN4. The molecule has 0 radical (unpaired) electrons. The van der Waals surface area contributed by atoms with Gasteiger partial charge in [-0.05, 0) is 74.5 Å². The SMILES string of the molecule is ClC1=NC=C(CN2CCC3(CCNCC3)CC2)CN1. The lowest BCUT2D eigenvalue weighted by Gasteiger charge is -2.44. The second kappa shape index (κ2) is 5.81. The summed E-state index contributed by atoms with van der Waals surface area (Å²) in [4.78, 5) is 6.70. The molecule has 0 aromatic heterocycles. The van der Waals surface area contributed by atoms with Crippen molar-refractivity contribution in [3.05, 3.63) is 11.8 Å². The van der Waals surface area contributed by atoms with Crippen LogP contribution in [0.4, 0.5) is 0 Å². The van der Waals surface area contributed by atoms with Gasteiger partial charge in [0, 0.05) is 19.3 Å². The molecule has 1 spiro atoms. The van der Waals surface area contributed by atoms with Crippen LogP contribution in [-0.2, 0) is 0 Å². The van der Waals surface area contributed by atoms with Crippen LogP contribution in [0.5, 0.6) is 0 Å². The van der Waals surface area contributed by atoms with Crippen molar-refractivity contribution in [2.45, 2.75) is 25.7 Å². The topological polar surface area (TPSA) is 39.7 Å². The van der Waals surface area contributed by atoms with Gasteiger partial charge in [0.2, 0.25) is 0 Å². The Hall–Kier alpha value is -0.580. The molecule has 0 bridgehead atoms. The second-order valence-corrected chi connectivity index (χ2v) is 6.44. The standard InChI is InChI=1S/C14H23ClN4/c15-13-17-9-12(10-18-13)11-19-7-3-14(4-8-19)1-5-16-6-2-14/h9,16H,1-8,10-11H2,(H,17,18). The third-order valence-corrected chi connectivity index (χ3v) is 5.06. The highest BCUT2D eigenvalue weighted by Gasteiger charge is 2.35. The van der Waals surface area contributed by atoms with E-state index < -0.39 is 0 Å². The molecule has 19 heavy (non-hydrogen) atoms. The summed E-state index contributed by atoms with van der Waals surface area (Å²) in [6.07, 6.45) is 7.38. The van der Waals surface area contributed by atoms with Gasteiger partial charge in [0.1, 0.15) is 0 Å². The van der Waals surface area contributed by atoms with Crippen LogP contribution in [0.15, 0.2) is 16.8 Å². The highest BCUT2D eigenvalue weighted by molar-refractivity contribution is 6.64. The molecule has 0 aliphatic carbocycles. The Balaban J connectivity index is 1.50. The lowest BCUT2D eigenvalue weighted by atomic mass is 9.71. The number of piperidine rings is 2. The summed E-state index contributed by atoms with van der Waals surface area (Å²) in [5.41, 5.74) is 1.98. The van der Waals surface area contributed by atoms with E-state index in [0.29, 0.717) is 10.7 Å². The average molecular weight is 283 g/mol. The number of rotatable bonds is 2. The van der Waals surface area contributed by atoms with E-state index >= 15 is 0 Å². The first-order valence-corrected chi connectivity index (χ1v) is 7.72. The number of amidine groups is 1. The Bertz CT molecular complexity index is 375. The van der Waals surface area contributed by atoms with Crippen molar-refractivity contribution in [3.63, 3.8) is 0 Å². The first-order chi connectivity index (χ1) is 9.26. The van der Waals surface area contributed by atoms with Crippen molar-refractivity contribution in [1.82, 2.24) is 15.5 Å². The van der Waals surface area contributed by atoms with Gasteiger partial charge < -0.3 is 10.6 Å². The van der Waals surface area contributed by atoms with Gasteiger partial charge in [-0.25, -0.2) is 4.99 Å². The van der Waals surface area contributed by atoms with Gasteiger partial charge in [-0.15, -0.1) is 0 Å². The van der Waals surface area contributed by atoms with E-state index in [9.17, 15) is 0 Å². The minimum Gasteiger partial charge on any atom is -0.357 e. The molecule has 0 aromatic rings. The molecule has 2 fully saturated rings. The smallest absolute Gasteiger partial charge is 0.196 e. The zero-order valence-corrected chi connectivity index (χ0v) is 12.2. The third kappa shape index (κ3) is 3.30. The molecule has 3 aliphatic heterocycles. The third-order valence-electron chi connectivity index (χ3n) is 4.83. The summed E-state index contributed by atoms with van der Waals surface area (Å²) >= 11 is 5.80. The Kier molecular flexibility index (Phi) is 4.10. The van der Waals surface area contributed by atoms with E-state index in [1.54, 1.807) is 0 Å². The first kappa shape index (κ1) is 13.4. The Morgan fingerprint density at radius 1 is 1.21 bits per heavy atom. The molecule has 4 nitrogen and oxygen atoms in total. The minimum atomic E-state index is 0.510. The van der Waals surface area contributed by atoms with Crippen LogP contribution >= 0.6 is 11.6 Å². The molecule has 3 aliphatic rings. The Labute approximate surface area is 120 Å². The van der Waals surface area contributed by atoms with Gasteiger partial charge in [-0.1, -0.05) is 0 Å². The van der Waals surface area contributed by atoms with Crippen molar-refractivity contribution in [2.24, 2.45) is 10.4 Å². The van der Waals surface area contributed by atoms with Gasteiger partial charge in [0.15, 0.2) is 5.29 Å². The van der Waals surface area contributed by atoms with E-state index in [0.717, 1.165) is 13.1 Å². The van der Waals surface area contributed by atoms with Crippen LogP contribution in [0.1, 0.15) is 25.7 Å². The molecule has 106 valence electrons. The van der Waals surface area contributed by atoms with Gasteiger partial charge in [-0.2, -0.15) is 0 Å². The van der Waals surface area contributed by atoms with Crippen LogP contribution in [0, 0.1) is 5.41 Å². The zero-order chi connectivity index (χ0) is 13.1. The fraction of sp³-hybridized carbons (Fsp3) is 0.786. The quantitative estimate of drug-likeness (QED) is 0.755. The predicted octanol–water partition coefficient (Wildman–Crippen LogP) is 1.53. The van der Waals surface area contributed by atoms with Gasteiger partial charge in [0.05, 0.1) is 0 Å². The minimum absolute atomic E-state index is 0.510. The fourth-order valence-corrected chi connectivity index (χ4v) is 3.57. The average Bonchev–Trinajstić information content (AvgIpc) is 2.45. The maximum atomic E-state index is 5.80. The summed E-state index contributed by atoms with van der Waals surface area (Å²) in [5, 5.41) is 7.08. The number of nitrogens with one attached hydrogen (secondary N) is 2. The van der Waals surface area contributed by atoms with Crippen molar-refractivity contribution in [3.8, 4) is 0 Å². The van der Waals surface area contributed by atoms with Crippen LogP contribution in [-0.4, -0.2) is 49.5 Å². The maximum Gasteiger partial charge on any atom is 0.196 e. The summed E-state index contributed by atoms with van der Waals surface area (Å²) in [7, 11) is 0. The van der Waals surface area contributed by atoms with Crippen LogP contribution in [0.2, 0.25) is 0 Å². The molecular weight excluding hydrogens is 260 g/mol. The van der Waals surface area contributed by atoms with Gasteiger partial charge >= 0.3 is 0 Å². The summed E-state index contributed by atoms with van der Waals surface area (Å²) in [5.74, 6) is 0. The number of hydrogen-bond donors (Lipinski definition) is 2. The summed E-state index contributed by atoms with van der Waals surface area (Å²) in [6, 6.07) is 0. The number of aliphatic imine (C=N–C) groups is 1. The number of halogens is 1. The first-order valence-electron chi connectivity index (χ1n) is 7.34. The molecule has 0 amide bonds. The monoisotopic (exact) mass is 282 g/mol. The van der Waals surface area contributed by atoms with E-state index in [2.05, 4.69) is 20.5 Å². The van der Waals surface area contributed by atoms with E-state index in [1.807, 2.05) is 6.20 Å². The molecule has 2 N–H and O–H groups in total. The van der Waals surface area contributed by atoms with Gasteiger partial charge in [0.25, 0.3) is 0 Å². The summed E-state index contributed by atoms with van der Waals surface area (Å²) < 4.78 is 0. The molecule has 3 heterocycles. The number of likely N-dealkylation sites (tertiary alicyclic amines) is 1. The number of hydrogen-bond acceptors (Lipinski definition) is 4. The Morgan fingerprint density at radius 3 is 2.58 bits per heavy atom. The zero-order valence-electron chi connectivity index (χ0n) is 11.4. The van der Waals surface area contributed by atoms with Crippen molar-refractivity contribution in [1.29, 1.82) is 0 Å². The van der Waals surface area contributed by atoms with Gasteiger partial charge in [-0.3, -0.25) is 4.90 Å². The fourth-order valence-electron chi connectivity index (χ4n) is 3.45. The van der Waals surface area contributed by atoms with E-state index in [1.165, 1.54) is 57.4 Å². The molecule has 3 rings (SSSR count). The van der Waals surface area contributed by atoms with Crippen molar-refractivity contribution < 1.29 is 0 Å². The van der Waals surface area contributed by atoms with E-state index in [4.69, 9.17) is 11.6 Å². The van der Waals surface area contributed by atoms with Crippen LogP contribution < -0.4 is 10.6 Å². The number of nitrogens with zero attached hydrogens (tertiary/aromatic N) is 2. The summed E-state index contributed by atoms with van der Waals surface area (Å²) in [6.45, 7) is 6.76. The molecule has 0 unspecified atom stereocenters. The highest BCUT2D eigenvalue weighted by atomic mass is 35.5. The van der Waals surface area contributed by atoms with Crippen LogP contribution in [0.3, 0.4) is 0 Å². The molecule has 0 aromatic carbocycles. The van der Waals surface area contributed by atoms with E-state index in [-0.39, 0.29) is 0 Å². The van der Waals surface area contributed by atoms with Crippen molar-refractivity contribution in [2.75, 3.05) is 39.3 Å². The lowest BCUT2D eigenvalue weighted by Crippen LogP contribution is -2.46. The second-order valence-electron chi connectivity index (χ2n) is 6.09. The highest BCUT2D eigenvalue weighted by Crippen LogP contribution is 2.39. The molecule has 0 saturated carbocycles. The Morgan fingerprint density at radius 2 is 1.95 bits per heavy atom. The molecule has 0 atom stereocenters. The normalized spacial score (nSPS) is 27.6. The predicted molar refractivity (Wildman–Crippen MR) is 79.6 cm³/mol. The van der Waals surface area contributed by atoms with Crippen LogP contribution in [0.25, 0.3) is 0 Å². The molecule has 2 saturated heterocycles.